The van der Waals surface area contributed by atoms with Gasteiger partial charge in [0.05, 0.1) is 0 Å². The molecule has 0 saturated heterocycles. The fraction of sp³-hybridized carbons (Fsp3) is 0.190. The molecule has 2 aromatic rings. The number of esters is 1. The molecule has 0 bridgehead atoms. The molecule has 0 aromatic heterocycles. The number of hydrogen-bond donors (Lipinski definition) is 1. The fourth-order valence-electron chi connectivity index (χ4n) is 2.05. The number of rotatable bonds is 10. The third-order valence-electron chi connectivity index (χ3n) is 3.59. The number of carbonyl (C=O) groups is 3. The average molecular weight is 384 g/mol. The monoisotopic (exact) mass is 384 g/mol. The smallest absolute Gasteiger partial charge is 0.336 e. The van der Waals surface area contributed by atoms with Crippen molar-refractivity contribution in [2.75, 3.05) is 6.61 Å². The van der Waals surface area contributed by atoms with E-state index in [2.05, 4.69) is 6.58 Å². The molecule has 0 aliphatic heterocycles. The van der Waals surface area contributed by atoms with Gasteiger partial charge in [0.1, 0.15) is 30.7 Å². The normalized spacial score (nSPS) is 12.4. The zero-order valence-corrected chi connectivity index (χ0v) is 15.2. The molecular weight excluding hydrogens is 364 g/mol. The molecule has 2 rings (SSSR count). The van der Waals surface area contributed by atoms with Crippen molar-refractivity contribution in [3.05, 3.63) is 71.8 Å². The molecule has 0 spiro atoms. The number of ether oxygens (including phenoxy) is 3. The summed E-state index contributed by atoms with van der Waals surface area (Å²) < 4.78 is 16.2. The van der Waals surface area contributed by atoms with Crippen LogP contribution >= 0.6 is 0 Å². The summed E-state index contributed by atoms with van der Waals surface area (Å²) in [6, 6.07) is 12.4. The Morgan fingerprint density at radius 3 is 1.96 bits per heavy atom. The lowest BCUT2D eigenvalue weighted by Gasteiger charge is -2.24. The van der Waals surface area contributed by atoms with E-state index in [1.165, 1.54) is 31.2 Å². The first-order valence-corrected chi connectivity index (χ1v) is 8.37. The Bertz CT molecular complexity index is 825. The highest BCUT2D eigenvalue weighted by Gasteiger charge is 2.26. The molecule has 0 amide bonds. The predicted molar refractivity (Wildman–Crippen MR) is 100 cm³/mol. The van der Waals surface area contributed by atoms with Crippen molar-refractivity contribution in [1.29, 1.82) is 0 Å². The number of benzene rings is 2. The van der Waals surface area contributed by atoms with Gasteiger partial charge in [-0.2, -0.15) is 0 Å². The van der Waals surface area contributed by atoms with Gasteiger partial charge in [0.15, 0.2) is 6.10 Å². The van der Waals surface area contributed by atoms with Crippen LogP contribution in [-0.4, -0.2) is 42.6 Å². The van der Waals surface area contributed by atoms with Crippen molar-refractivity contribution in [3.63, 3.8) is 0 Å². The first kappa shape index (κ1) is 20.9. The minimum atomic E-state index is -1.36. The highest BCUT2D eigenvalue weighted by Crippen LogP contribution is 2.17. The van der Waals surface area contributed by atoms with Gasteiger partial charge in [-0.3, -0.25) is 9.59 Å². The molecule has 7 heteroatoms. The third-order valence-corrected chi connectivity index (χ3v) is 3.59. The van der Waals surface area contributed by atoms with Crippen LogP contribution in [0.15, 0.2) is 60.7 Å². The van der Waals surface area contributed by atoms with Crippen LogP contribution in [0.25, 0.3) is 0 Å². The lowest BCUT2D eigenvalue weighted by Crippen LogP contribution is -2.40. The standard InChI is InChI=1S/C21H20O7/c1-14(2)20(25)28-21(27-18-9-5-16(12-23)6-10-18)19(24)13-26-17-7-3-15(11-22)4-8-17/h3-12,19,21,24H,1,13H2,2H3. The molecule has 146 valence electrons. The van der Waals surface area contributed by atoms with Gasteiger partial charge in [-0.1, -0.05) is 6.58 Å². The third kappa shape index (κ3) is 6.07. The molecule has 2 atom stereocenters. The number of aliphatic hydroxyl groups is 1. The maximum absolute atomic E-state index is 11.9. The second kappa shape index (κ2) is 10.0. The molecule has 0 aliphatic rings. The van der Waals surface area contributed by atoms with Crippen LogP contribution in [0.3, 0.4) is 0 Å². The lowest BCUT2D eigenvalue weighted by atomic mass is 10.2. The van der Waals surface area contributed by atoms with Gasteiger partial charge < -0.3 is 19.3 Å². The van der Waals surface area contributed by atoms with E-state index in [0.717, 1.165) is 0 Å². The van der Waals surface area contributed by atoms with Crippen LogP contribution in [0, 0.1) is 0 Å². The van der Waals surface area contributed by atoms with E-state index >= 15 is 0 Å². The predicted octanol–water partition coefficient (Wildman–Crippen LogP) is 2.58. The lowest BCUT2D eigenvalue weighted by molar-refractivity contribution is -0.178. The maximum atomic E-state index is 11.9. The Morgan fingerprint density at radius 1 is 1.00 bits per heavy atom. The van der Waals surface area contributed by atoms with Crippen LogP contribution in [0.2, 0.25) is 0 Å². The van der Waals surface area contributed by atoms with Gasteiger partial charge in [0.2, 0.25) is 0 Å². The number of aliphatic hydroxyl groups excluding tert-OH is 1. The highest BCUT2D eigenvalue weighted by atomic mass is 16.7. The van der Waals surface area contributed by atoms with Crippen LogP contribution in [-0.2, 0) is 9.53 Å². The second-order valence-corrected chi connectivity index (χ2v) is 5.92. The van der Waals surface area contributed by atoms with Gasteiger partial charge in [-0.25, -0.2) is 4.79 Å². The van der Waals surface area contributed by atoms with E-state index in [1.807, 2.05) is 0 Å². The van der Waals surface area contributed by atoms with E-state index in [-0.39, 0.29) is 12.2 Å². The topological polar surface area (TPSA) is 99.1 Å². The largest absolute Gasteiger partial charge is 0.491 e. The Hall–Kier alpha value is -3.45. The number of carbonyl (C=O) groups excluding carboxylic acids is 3. The Morgan fingerprint density at radius 2 is 1.50 bits per heavy atom. The van der Waals surface area contributed by atoms with Gasteiger partial charge in [0.25, 0.3) is 6.29 Å². The molecule has 28 heavy (non-hydrogen) atoms. The fourth-order valence-corrected chi connectivity index (χ4v) is 2.05. The SMILES string of the molecule is C=C(C)C(=O)OC(Oc1ccc(C=O)cc1)C(O)COc1ccc(C=O)cc1. The summed E-state index contributed by atoms with van der Waals surface area (Å²) in [7, 11) is 0. The number of aldehydes is 2. The maximum Gasteiger partial charge on any atom is 0.336 e. The van der Waals surface area contributed by atoms with Crippen molar-refractivity contribution in [3.8, 4) is 11.5 Å². The van der Waals surface area contributed by atoms with Crippen molar-refractivity contribution in [2.24, 2.45) is 0 Å². The first-order valence-electron chi connectivity index (χ1n) is 8.37. The van der Waals surface area contributed by atoms with Crippen LogP contribution < -0.4 is 9.47 Å². The quantitative estimate of drug-likeness (QED) is 0.291. The summed E-state index contributed by atoms with van der Waals surface area (Å²) in [5, 5.41) is 10.4. The molecular formula is C21H20O7. The zero-order chi connectivity index (χ0) is 20.5. The molecule has 2 aromatic carbocycles. The van der Waals surface area contributed by atoms with Crippen molar-refractivity contribution >= 4 is 18.5 Å². The molecule has 1 N–H and O–H groups in total. The zero-order valence-electron chi connectivity index (χ0n) is 15.2. The summed E-state index contributed by atoms with van der Waals surface area (Å²) in [6.45, 7) is 4.73. The molecule has 2 unspecified atom stereocenters. The minimum absolute atomic E-state index is 0.141. The second-order valence-electron chi connectivity index (χ2n) is 5.92. The van der Waals surface area contributed by atoms with Crippen LogP contribution in [0.4, 0.5) is 0 Å². The average Bonchev–Trinajstić information content (AvgIpc) is 2.72. The summed E-state index contributed by atoms with van der Waals surface area (Å²) >= 11 is 0. The number of hydrogen-bond acceptors (Lipinski definition) is 7. The van der Waals surface area contributed by atoms with E-state index in [4.69, 9.17) is 14.2 Å². The highest BCUT2D eigenvalue weighted by molar-refractivity contribution is 5.87. The Labute approximate surface area is 162 Å². The summed E-state index contributed by atoms with van der Waals surface area (Å²) in [5.41, 5.74) is 1.08. The molecule has 0 aliphatic carbocycles. The molecule has 7 nitrogen and oxygen atoms in total. The molecule has 0 saturated carbocycles. The summed E-state index contributed by atoms with van der Waals surface area (Å²) in [5.74, 6) is -0.0200. The van der Waals surface area contributed by atoms with Gasteiger partial charge in [-0.15, -0.1) is 0 Å². The van der Waals surface area contributed by atoms with E-state index in [0.29, 0.717) is 35.2 Å². The van der Waals surface area contributed by atoms with Crippen LogP contribution in [0.5, 0.6) is 11.5 Å². The van der Waals surface area contributed by atoms with Crippen molar-refractivity contribution in [1.82, 2.24) is 0 Å². The molecule has 0 heterocycles. The Balaban J connectivity index is 2.06. The Kier molecular flexibility index (Phi) is 7.47. The molecule has 0 fully saturated rings. The minimum Gasteiger partial charge on any atom is -0.491 e. The van der Waals surface area contributed by atoms with E-state index in [9.17, 15) is 19.5 Å². The summed E-state index contributed by atoms with van der Waals surface area (Å²) in [6.07, 6.45) is -1.29. The van der Waals surface area contributed by atoms with Crippen molar-refractivity contribution < 1.29 is 33.7 Å². The van der Waals surface area contributed by atoms with Crippen LogP contribution in [0.1, 0.15) is 27.6 Å². The van der Waals surface area contributed by atoms with Gasteiger partial charge in [0, 0.05) is 16.7 Å². The van der Waals surface area contributed by atoms with E-state index < -0.39 is 18.4 Å². The van der Waals surface area contributed by atoms with Gasteiger partial charge >= 0.3 is 5.97 Å². The van der Waals surface area contributed by atoms with Gasteiger partial charge in [-0.05, 0) is 55.5 Å². The molecule has 0 radical (unpaired) electrons. The first-order chi connectivity index (χ1) is 13.4. The summed E-state index contributed by atoms with van der Waals surface area (Å²) in [4.78, 5) is 33.3. The van der Waals surface area contributed by atoms with Crippen molar-refractivity contribution in [2.45, 2.75) is 19.3 Å². The van der Waals surface area contributed by atoms with E-state index in [1.54, 1.807) is 24.3 Å².